The van der Waals surface area contributed by atoms with Crippen LogP contribution in [-0.4, -0.2) is 59.1 Å². The molecular formula is C30H36N4O6. The normalized spacial score (nSPS) is 14.2. The van der Waals surface area contributed by atoms with Crippen molar-refractivity contribution in [2.24, 2.45) is 11.3 Å². The van der Waals surface area contributed by atoms with E-state index in [9.17, 15) is 19.7 Å². The Kier molecular flexibility index (Phi) is 8.00. The molecule has 0 bridgehead atoms. The molecule has 10 nitrogen and oxygen atoms in total. The molecule has 0 unspecified atom stereocenters. The standard InChI is InChI=1S/C30H36N4O6/c1-18(2)17-32(5)29(36)20-9-10-22(23(14-20)34(37)38)33-24-15-30(3,4)16-25(35)28(24)21(31-33)12-19-8-11-26(39-6)27(13-19)40-7/h8-11,13-14,18H,12,15-17H2,1-7H3. The van der Waals surface area contributed by atoms with E-state index in [0.29, 0.717) is 54.3 Å². The number of carbonyl (C=O) groups excluding carboxylic acids is 2. The molecule has 1 aromatic heterocycles. The van der Waals surface area contributed by atoms with Crippen LogP contribution in [-0.2, 0) is 12.8 Å². The number of rotatable bonds is 9. The Labute approximate surface area is 234 Å². The van der Waals surface area contributed by atoms with Crippen LogP contribution in [0.5, 0.6) is 11.5 Å². The van der Waals surface area contributed by atoms with Crippen molar-refractivity contribution in [3.63, 3.8) is 0 Å². The number of methoxy groups -OCH3 is 2. The van der Waals surface area contributed by atoms with Crippen molar-refractivity contribution < 1.29 is 24.0 Å². The maximum atomic E-state index is 13.4. The van der Waals surface area contributed by atoms with Crippen LogP contribution in [0.15, 0.2) is 36.4 Å². The van der Waals surface area contributed by atoms with E-state index in [0.717, 1.165) is 5.56 Å². The summed E-state index contributed by atoms with van der Waals surface area (Å²) in [7, 11) is 4.79. The molecule has 0 N–H and O–H groups in total. The fourth-order valence-electron chi connectivity index (χ4n) is 5.37. The molecule has 1 aliphatic carbocycles. The zero-order chi connectivity index (χ0) is 29.4. The van der Waals surface area contributed by atoms with Gasteiger partial charge in [0.05, 0.1) is 36.1 Å². The zero-order valence-corrected chi connectivity index (χ0v) is 24.1. The fraction of sp³-hybridized carbons (Fsp3) is 0.433. The molecule has 3 aromatic rings. The molecule has 0 radical (unpaired) electrons. The number of ether oxygens (including phenoxy) is 2. The highest BCUT2D eigenvalue weighted by Crippen LogP contribution is 2.39. The van der Waals surface area contributed by atoms with Crippen molar-refractivity contribution in [3.8, 4) is 17.2 Å². The van der Waals surface area contributed by atoms with Crippen LogP contribution in [0.4, 0.5) is 5.69 Å². The highest BCUT2D eigenvalue weighted by Gasteiger charge is 2.38. The lowest BCUT2D eigenvalue weighted by Crippen LogP contribution is -2.30. The Hall–Kier alpha value is -4.21. The van der Waals surface area contributed by atoms with Crippen LogP contribution >= 0.6 is 0 Å². The average molecular weight is 549 g/mol. The molecule has 2 aromatic carbocycles. The van der Waals surface area contributed by atoms with Crippen molar-refractivity contribution in [3.05, 3.63) is 74.6 Å². The van der Waals surface area contributed by atoms with E-state index in [1.165, 1.54) is 10.7 Å². The average Bonchev–Trinajstić information content (AvgIpc) is 3.23. The van der Waals surface area contributed by atoms with Crippen molar-refractivity contribution in [2.45, 2.75) is 47.0 Å². The third-order valence-corrected chi connectivity index (χ3v) is 7.07. The molecule has 0 aliphatic heterocycles. The maximum Gasteiger partial charge on any atom is 0.295 e. The number of amides is 1. The Morgan fingerprint density at radius 1 is 1.12 bits per heavy atom. The van der Waals surface area contributed by atoms with Gasteiger partial charge in [-0.15, -0.1) is 0 Å². The highest BCUT2D eigenvalue weighted by molar-refractivity contribution is 6.00. The molecule has 0 atom stereocenters. The first-order chi connectivity index (χ1) is 18.8. The lowest BCUT2D eigenvalue weighted by Gasteiger charge is -2.29. The van der Waals surface area contributed by atoms with Crippen molar-refractivity contribution in [2.75, 3.05) is 27.8 Å². The summed E-state index contributed by atoms with van der Waals surface area (Å²) >= 11 is 0. The van der Waals surface area contributed by atoms with Gasteiger partial charge in [0.25, 0.3) is 11.6 Å². The van der Waals surface area contributed by atoms with Gasteiger partial charge in [0.1, 0.15) is 5.69 Å². The second-order valence-corrected chi connectivity index (χ2v) is 11.5. The van der Waals surface area contributed by atoms with Crippen LogP contribution in [0, 0.1) is 21.4 Å². The minimum Gasteiger partial charge on any atom is -0.493 e. The van der Waals surface area contributed by atoms with Crippen molar-refractivity contribution >= 4 is 17.4 Å². The lowest BCUT2D eigenvalue weighted by atomic mass is 9.75. The second-order valence-electron chi connectivity index (χ2n) is 11.5. The number of hydrogen-bond acceptors (Lipinski definition) is 7. The van der Waals surface area contributed by atoms with Gasteiger partial charge >= 0.3 is 0 Å². The highest BCUT2D eigenvalue weighted by atomic mass is 16.6. The number of aromatic nitrogens is 2. The van der Waals surface area contributed by atoms with Gasteiger partial charge in [0.2, 0.25) is 0 Å². The summed E-state index contributed by atoms with van der Waals surface area (Å²) in [5.74, 6) is 1.05. The summed E-state index contributed by atoms with van der Waals surface area (Å²) in [5.41, 5.74) is 2.38. The maximum absolute atomic E-state index is 13.4. The molecule has 1 heterocycles. The fourth-order valence-corrected chi connectivity index (χ4v) is 5.37. The number of carbonyl (C=O) groups is 2. The van der Waals surface area contributed by atoms with E-state index in [4.69, 9.17) is 14.6 Å². The topological polar surface area (TPSA) is 117 Å². The predicted octanol–water partition coefficient (Wildman–Crippen LogP) is 5.27. The Morgan fingerprint density at radius 2 is 1.82 bits per heavy atom. The molecule has 0 fully saturated rings. The van der Waals surface area contributed by atoms with Crippen LogP contribution in [0.25, 0.3) is 5.69 Å². The number of benzene rings is 2. The van der Waals surface area contributed by atoms with E-state index in [1.54, 1.807) is 44.4 Å². The SMILES string of the molecule is COc1ccc(Cc2nn(-c3ccc(C(=O)N(C)CC(C)C)cc3[N+](=O)[O-])c3c2C(=O)CC(C)(C)C3)cc1OC. The van der Waals surface area contributed by atoms with Crippen LogP contribution in [0.1, 0.15) is 71.8 Å². The summed E-state index contributed by atoms with van der Waals surface area (Å²) in [6.45, 7) is 8.52. The number of nitrogens with zero attached hydrogens (tertiary/aromatic N) is 4. The minimum absolute atomic E-state index is 0.0438. The van der Waals surface area contributed by atoms with Crippen molar-refractivity contribution in [1.82, 2.24) is 14.7 Å². The van der Waals surface area contributed by atoms with Gasteiger partial charge in [0.15, 0.2) is 17.3 Å². The zero-order valence-electron chi connectivity index (χ0n) is 24.1. The molecule has 1 amide bonds. The number of nitro groups is 1. The Balaban J connectivity index is 1.84. The van der Waals surface area contributed by atoms with Gasteiger partial charge in [-0.25, -0.2) is 4.68 Å². The number of Topliss-reactive ketones (excluding diaryl/α,β-unsaturated/α-hetero) is 1. The largest absolute Gasteiger partial charge is 0.493 e. The third kappa shape index (κ3) is 5.71. The summed E-state index contributed by atoms with van der Waals surface area (Å²) in [6.07, 6.45) is 1.19. The van der Waals surface area contributed by atoms with Crippen LogP contribution < -0.4 is 9.47 Å². The van der Waals surface area contributed by atoms with E-state index in [2.05, 4.69) is 0 Å². The monoisotopic (exact) mass is 548 g/mol. The first-order valence-electron chi connectivity index (χ1n) is 13.2. The molecule has 10 heteroatoms. The first kappa shape index (κ1) is 28.8. The molecule has 212 valence electrons. The first-order valence-corrected chi connectivity index (χ1v) is 13.2. The number of nitro benzene ring substituents is 1. The molecule has 4 rings (SSSR count). The summed E-state index contributed by atoms with van der Waals surface area (Å²) in [4.78, 5) is 39.7. The van der Waals surface area contributed by atoms with Gasteiger partial charge in [-0.05, 0) is 47.6 Å². The minimum atomic E-state index is -0.508. The number of hydrogen-bond donors (Lipinski definition) is 0. The second kappa shape index (κ2) is 11.1. The Morgan fingerprint density at radius 3 is 2.45 bits per heavy atom. The van der Waals surface area contributed by atoms with E-state index < -0.39 is 4.92 Å². The lowest BCUT2D eigenvalue weighted by molar-refractivity contribution is -0.384. The summed E-state index contributed by atoms with van der Waals surface area (Å²) in [6, 6.07) is 9.93. The quantitative estimate of drug-likeness (QED) is 0.264. The summed E-state index contributed by atoms with van der Waals surface area (Å²) in [5, 5.41) is 17.0. The molecule has 0 spiro atoms. The number of fused-ring (bicyclic) bond motifs is 1. The van der Waals surface area contributed by atoms with Crippen molar-refractivity contribution in [1.29, 1.82) is 0 Å². The molecule has 0 saturated carbocycles. The van der Waals surface area contributed by atoms with Gasteiger partial charge < -0.3 is 14.4 Å². The predicted molar refractivity (Wildman–Crippen MR) is 151 cm³/mol. The van der Waals surface area contributed by atoms with E-state index in [1.807, 2.05) is 39.8 Å². The Bertz CT molecular complexity index is 1470. The van der Waals surface area contributed by atoms with Crippen LogP contribution in [0.3, 0.4) is 0 Å². The summed E-state index contributed by atoms with van der Waals surface area (Å²) < 4.78 is 12.3. The van der Waals surface area contributed by atoms with E-state index >= 15 is 0 Å². The smallest absolute Gasteiger partial charge is 0.295 e. The van der Waals surface area contributed by atoms with Gasteiger partial charge in [-0.3, -0.25) is 19.7 Å². The molecule has 40 heavy (non-hydrogen) atoms. The number of ketones is 1. The van der Waals surface area contributed by atoms with Gasteiger partial charge in [-0.1, -0.05) is 33.8 Å². The molecular weight excluding hydrogens is 512 g/mol. The van der Waals surface area contributed by atoms with Crippen LogP contribution in [0.2, 0.25) is 0 Å². The molecule has 0 saturated heterocycles. The third-order valence-electron chi connectivity index (χ3n) is 7.07. The van der Waals surface area contributed by atoms with Gasteiger partial charge in [0, 0.05) is 38.1 Å². The van der Waals surface area contributed by atoms with Gasteiger partial charge in [-0.2, -0.15) is 5.10 Å². The molecule has 1 aliphatic rings. The van der Waals surface area contributed by atoms with E-state index in [-0.39, 0.29) is 40.0 Å².